The van der Waals surface area contributed by atoms with Crippen LogP contribution in [0.4, 0.5) is 0 Å². The number of nitrogens with one attached hydrogen (secondary N) is 1. The van der Waals surface area contributed by atoms with Gasteiger partial charge in [0, 0.05) is 32.2 Å². The van der Waals surface area contributed by atoms with Gasteiger partial charge in [-0.3, -0.25) is 0 Å². The lowest BCUT2D eigenvalue weighted by molar-refractivity contribution is 0.0837. The molecular formula is C11H23NO2. The summed E-state index contributed by atoms with van der Waals surface area (Å²) < 4.78 is 10.4. The van der Waals surface area contributed by atoms with Crippen LogP contribution in [0.2, 0.25) is 0 Å². The molecule has 14 heavy (non-hydrogen) atoms. The van der Waals surface area contributed by atoms with Crippen molar-refractivity contribution in [2.24, 2.45) is 5.41 Å². The van der Waals surface area contributed by atoms with E-state index in [1.165, 1.54) is 0 Å². The molecule has 0 saturated carbocycles. The van der Waals surface area contributed by atoms with Gasteiger partial charge in [-0.15, -0.1) is 6.58 Å². The molecule has 0 heterocycles. The molecule has 0 aromatic rings. The predicted octanol–water partition coefficient (Wildman–Crippen LogP) is 1.45. The fourth-order valence-corrected chi connectivity index (χ4v) is 1.07. The lowest BCUT2D eigenvalue weighted by atomic mass is 9.92. The van der Waals surface area contributed by atoms with E-state index in [0.29, 0.717) is 6.61 Å². The van der Waals surface area contributed by atoms with E-state index in [9.17, 15) is 0 Å². The van der Waals surface area contributed by atoms with Gasteiger partial charge in [-0.25, -0.2) is 0 Å². The minimum Gasteiger partial charge on any atom is -0.383 e. The van der Waals surface area contributed by atoms with Gasteiger partial charge >= 0.3 is 0 Å². The Bertz CT molecular complexity index is 150. The summed E-state index contributed by atoms with van der Waals surface area (Å²) in [5.74, 6) is 0. The van der Waals surface area contributed by atoms with Gasteiger partial charge in [0.15, 0.2) is 0 Å². The van der Waals surface area contributed by atoms with Gasteiger partial charge in [-0.2, -0.15) is 0 Å². The van der Waals surface area contributed by atoms with Crippen molar-refractivity contribution in [3.8, 4) is 0 Å². The maximum absolute atomic E-state index is 5.40. The molecule has 0 fully saturated rings. The molecule has 0 aromatic carbocycles. The minimum absolute atomic E-state index is 0.0176. The van der Waals surface area contributed by atoms with Crippen molar-refractivity contribution in [3.63, 3.8) is 0 Å². The third kappa shape index (κ3) is 6.13. The first-order chi connectivity index (χ1) is 6.68. The Labute approximate surface area is 87.5 Å². The monoisotopic (exact) mass is 201 g/mol. The van der Waals surface area contributed by atoms with Gasteiger partial charge in [0.25, 0.3) is 0 Å². The highest BCUT2D eigenvalue weighted by Crippen LogP contribution is 2.16. The van der Waals surface area contributed by atoms with Crippen molar-refractivity contribution in [3.05, 3.63) is 12.7 Å². The Morgan fingerprint density at radius 3 is 2.71 bits per heavy atom. The van der Waals surface area contributed by atoms with Crippen LogP contribution in [0.1, 0.15) is 13.8 Å². The quantitative estimate of drug-likeness (QED) is 0.452. The van der Waals surface area contributed by atoms with E-state index in [4.69, 9.17) is 9.47 Å². The zero-order chi connectivity index (χ0) is 10.9. The molecular weight excluding hydrogens is 178 g/mol. The highest BCUT2D eigenvalue weighted by atomic mass is 16.5. The first-order valence-electron chi connectivity index (χ1n) is 5.09. The summed E-state index contributed by atoms with van der Waals surface area (Å²) in [6, 6.07) is 0. The Balaban J connectivity index is 3.68. The van der Waals surface area contributed by atoms with Crippen molar-refractivity contribution < 1.29 is 9.47 Å². The molecule has 0 aliphatic heterocycles. The number of rotatable bonds is 9. The van der Waals surface area contributed by atoms with Crippen LogP contribution < -0.4 is 5.32 Å². The van der Waals surface area contributed by atoms with Gasteiger partial charge < -0.3 is 14.8 Å². The van der Waals surface area contributed by atoms with Gasteiger partial charge in [0.05, 0.1) is 13.2 Å². The number of hydrogen-bond acceptors (Lipinski definition) is 3. The molecule has 0 amide bonds. The average Bonchev–Trinajstić information content (AvgIpc) is 2.22. The Kier molecular flexibility index (Phi) is 7.76. The van der Waals surface area contributed by atoms with E-state index in [1.807, 2.05) is 13.0 Å². The average molecular weight is 201 g/mol. The molecule has 0 aromatic heterocycles. The zero-order valence-electron chi connectivity index (χ0n) is 9.64. The van der Waals surface area contributed by atoms with Crippen molar-refractivity contribution >= 4 is 0 Å². The molecule has 3 heteroatoms. The van der Waals surface area contributed by atoms with E-state index >= 15 is 0 Å². The first-order valence-corrected chi connectivity index (χ1v) is 5.09. The SMILES string of the molecule is C=CC(C)(CNCCOC)COCC. The first kappa shape index (κ1) is 13.6. The maximum Gasteiger partial charge on any atom is 0.0587 e. The number of hydrogen-bond donors (Lipinski definition) is 1. The number of ether oxygens (including phenoxy) is 2. The molecule has 0 saturated heterocycles. The van der Waals surface area contributed by atoms with Crippen LogP contribution in [-0.4, -0.2) is 40.0 Å². The molecule has 1 atom stereocenters. The van der Waals surface area contributed by atoms with Crippen LogP contribution >= 0.6 is 0 Å². The Hall–Kier alpha value is -0.380. The summed E-state index contributed by atoms with van der Waals surface area (Å²) in [6.45, 7) is 11.9. The summed E-state index contributed by atoms with van der Waals surface area (Å²) in [5, 5.41) is 3.31. The molecule has 0 spiro atoms. The van der Waals surface area contributed by atoms with Crippen molar-refractivity contribution in [1.82, 2.24) is 5.32 Å². The fourth-order valence-electron chi connectivity index (χ4n) is 1.07. The molecule has 0 rings (SSSR count). The second-order valence-corrected chi connectivity index (χ2v) is 3.66. The smallest absolute Gasteiger partial charge is 0.0587 e. The molecule has 0 bridgehead atoms. The summed E-state index contributed by atoms with van der Waals surface area (Å²) in [7, 11) is 1.70. The largest absolute Gasteiger partial charge is 0.383 e. The summed E-state index contributed by atoms with van der Waals surface area (Å²) in [4.78, 5) is 0. The normalized spacial score (nSPS) is 15.1. The second kappa shape index (κ2) is 7.97. The predicted molar refractivity (Wildman–Crippen MR) is 59.5 cm³/mol. The van der Waals surface area contributed by atoms with Crippen LogP contribution in [0, 0.1) is 5.41 Å². The molecule has 3 nitrogen and oxygen atoms in total. The van der Waals surface area contributed by atoms with E-state index in [0.717, 1.165) is 26.3 Å². The van der Waals surface area contributed by atoms with Gasteiger partial charge in [-0.1, -0.05) is 13.0 Å². The summed E-state index contributed by atoms with van der Waals surface area (Å²) in [6.07, 6.45) is 1.95. The van der Waals surface area contributed by atoms with Crippen molar-refractivity contribution in [2.45, 2.75) is 13.8 Å². The molecule has 84 valence electrons. The maximum atomic E-state index is 5.40. The fraction of sp³-hybridized carbons (Fsp3) is 0.818. The van der Waals surface area contributed by atoms with Crippen LogP contribution in [0.25, 0.3) is 0 Å². The van der Waals surface area contributed by atoms with E-state index < -0.39 is 0 Å². The molecule has 1 unspecified atom stereocenters. The zero-order valence-corrected chi connectivity index (χ0v) is 9.64. The summed E-state index contributed by atoms with van der Waals surface area (Å²) in [5.41, 5.74) is 0.0176. The van der Waals surface area contributed by atoms with Gasteiger partial charge in [-0.05, 0) is 6.92 Å². The molecule has 0 aliphatic carbocycles. The second-order valence-electron chi connectivity index (χ2n) is 3.66. The highest BCUT2D eigenvalue weighted by Gasteiger charge is 2.19. The lowest BCUT2D eigenvalue weighted by Gasteiger charge is -2.25. The lowest BCUT2D eigenvalue weighted by Crippen LogP contribution is -2.35. The van der Waals surface area contributed by atoms with E-state index in [2.05, 4.69) is 18.8 Å². The van der Waals surface area contributed by atoms with Crippen LogP contribution in [0.5, 0.6) is 0 Å². The van der Waals surface area contributed by atoms with Crippen molar-refractivity contribution in [2.75, 3.05) is 40.0 Å². The van der Waals surface area contributed by atoms with Gasteiger partial charge in [0.2, 0.25) is 0 Å². The molecule has 0 aliphatic rings. The van der Waals surface area contributed by atoms with E-state index in [1.54, 1.807) is 7.11 Å². The Morgan fingerprint density at radius 1 is 1.50 bits per heavy atom. The van der Waals surface area contributed by atoms with Crippen LogP contribution in [0.15, 0.2) is 12.7 Å². The molecule has 1 N–H and O–H groups in total. The van der Waals surface area contributed by atoms with Crippen molar-refractivity contribution in [1.29, 1.82) is 0 Å². The summed E-state index contributed by atoms with van der Waals surface area (Å²) >= 11 is 0. The van der Waals surface area contributed by atoms with Crippen LogP contribution in [-0.2, 0) is 9.47 Å². The standard InChI is InChI=1S/C11H23NO2/c1-5-11(3,10-14-6-2)9-12-7-8-13-4/h5,12H,1,6-10H2,2-4H3. The molecule has 0 radical (unpaired) electrons. The topological polar surface area (TPSA) is 30.5 Å². The Morgan fingerprint density at radius 2 is 2.21 bits per heavy atom. The number of methoxy groups -OCH3 is 1. The van der Waals surface area contributed by atoms with E-state index in [-0.39, 0.29) is 5.41 Å². The highest BCUT2D eigenvalue weighted by molar-refractivity contribution is 4.93. The van der Waals surface area contributed by atoms with Crippen LogP contribution in [0.3, 0.4) is 0 Å². The van der Waals surface area contributed by atoms with Gasteiger partial charge in [0.1, 0.15) is 0 Å². The third-order valence-electron chi connectivity index (χ3n) is 2.14. The minimum atomic E-state index is 0.0176. The third-order valence-corrected chi connectivity index (χ3v) is 2.14.